The number of hydrogen-bond acceptors (Lipinski definition) is 6. The summed E-state index contributed by atoms with van der Waals surface area (Å²) in [6.07, 6.45) is 0. The first-order valence-electron chi connectivity index (χ1n) is 10.3. The number of aromatic nitrogens is 2. The van der Waals surface area contributed by atoms with E-state index in [1.807, 2.05) is 79.3 Å². The lowest BCUT2D eigenvalue weighted by Gasteiger charge is -2.34. The van der Waals surface area contributed by atoms with E-state index in [1.54, 1.807) is 16.4 Å². The van der Waals surface area contributed by atoms with Gasteiger partial charge in [0.2, 0.25) is 16.0 Å². The molecule has 4 rings (SSSR count). The summed E-state index contributed by atoms with van der Waals surface area (Å²) in [5.41, 5.74) is 2.95. The van der Waals surface area contributed by atoms with E-state index in [9.17, 15) is 8.42 Å². The van der Waals surface area contributed by atoms with Gasteiger partial charge in [-0.25, -0.2) is 13.4 Å². The van der Waals surface area contributed by atoms with Crippen molar-refractivity contribution in [3.8, 4) is 11.1 Å². The minimum atomic E-state index is -3.54. The number of aryl methyl sites for hydroxylation is 1. The maximum atomic E-state index is 13.1. The highest BCUT2D eigenvalue weighted by atomic mass is 32.2. The molecule has 2 heterocycles. The van der Waals surface area contributed by atoms with Crippen LogP contribution in [0.2, 0.25) is 0 Å². The summed E-state index contributed by atoms with van der Waals surface area (Å²) >= 11 is 0. The highest BCUT2D eigenvalue weighted by Crippen LogP contribution is 2.24. The molecule has 1 fully saturated rings. The first kappa shape index (κ1) is 21.3. The second-order valence-electron chi connectivity index (χ2n) is 7.84. The van der Waals surface area contributed by atoms with E-state index in [2.05, 4.69) is 9.97 Å². The van der Waals surface area contributed by atoms with Crippen LogP contribution in [0.5, 0.6) is 0 Å². The van der Waals surface area contributed by atoms with Gasteiger partial charge in [0.25, 0.3) is 0 Å². The largest absolute Gasteiger partial charge is 0.363 e. The summed E-state index contributed by atoms with van der Waals surface area (Å²) in [7, 11) is 0.348. The Balaban J connectivity index is 1.47. The van der Waals surface area contributed by atoms with Gasteiger partial charge in [0.05, 0.1) is 4.90 Å². The maximum Gasteiger partial charge on any atom is 0.243 e. The Kier molecular flexibility index (Phi) is 5.93. The van der Waals surface area contributed by atoms with Crippen molar-refractivity contribution in [2.75, 3.05) is 50.1 Å². The van der Waals surface area contributed by atoms with Crippen molar-refractivity contribution in [2.45, 2.75) is 11.8 Å². The minimum absolute atomic E-state index is 0.322. The van der Waals surface area contributed by atoms with Crippen LogP contribution in [0, 0.1) is 6.92 Å². The fourth-order valence-corrected chi connectivity index (χ4v) is 5.06. The van der Waals surface area contributed by atoms with E-state index >= 15 is 0 Å². The van der Waals surface area contributed by atoms with Crippen molar-refractivity contribution >= 4 is 21.8 Å². The van der Waals surface area contributed by atoms with Gasteiger partial charge in [0.1, 0.15) is 5.82 Å². The average Bonchev–Trinajstić information content (AvgIpc) is 2.79. The molecule has 2 aromatic carbocycles. The topological polar surface area (TPSA) is 69.6 Å². The zero-order valence-electron chi connectivity index (χ0n) is 18.1. The summed E-state index contributed by atoms with van der Waals surface area (Å²) < 4.78 is 27.8. The van der Waals surface area contributed by atoms with Gasteiger partial charge in [-0.15, -0.1) is 0 Å². The number of anilines is 2. The lowest BCUT2D eigenvalue weighted by atomic mass is 10.1. The zero-order chi connectivity index (χ0) is 22.0. The van der Waals surface area contributed by atoms with Crippen LogP contribution in [-0.2, 0) is 10.0 Å². The van der Waals surface area contributed by atoms with Crippen molar-refractivity contribution in [3.63, 3.8) is 0 Å². The summed E-state index contributed by atoms with van der Waals surface area (Å²) in [6.45, 7) is 3.85. The van der Waals surface area contributed by atoms with Crippen LogP contribution in [0.25, 0.3) is 11.1 Å². The first-order chi connectivity index (χ1) is 14.8. The fraction of sp³-hybridized carbons (Fsp3) is 0.304. The van der Waals surface area contributed by atoms with Gasteiger partial charge in [-0.1, -0.05) is 42.5 Å². The van der Waals surface area contributed by atoms with Crippen LogP contribution in [0.4, 0.5) is 11.8 Å². The summed E-state index contributed by atoms with van der Waals surface area (Å²) in [5.74, 6) is 1.49. The maximum absolute atomic E-state index is 13.1. The van der Waals surface area contributed by atoms with Crippen molar-refractivity contribution in [3.05, 3.63) is 66.4 Å². The van der Waals surface area contributed by atoms with Crippen molar-refractivity contribution in [2.24, 2.45) is 0 Å². The molecule has 1 aliphatic rings. The summed E-state index contributed by atoms with van der Waals surface area (Å²) in [6, 6.07) is 19.0. The Morgan fingerprint density at radius 2 is 1.45 bits per heavy atom. The Morgan fingerprint density at radius 1 is 0.839 bits per heavy atom. The predicted molar refractivity (Wildman–Crippen MR) is 124 cm³/mol. The Hall–Kier alpha value is -2.97. The zero-order valence-corrected chi connectivity index (χ0v) is 18.9. The smallest absolute Gasteiger partial charge is 0.243 e. The molecule has 31 heavy (non-hydrogen) atoms. The number of nitrogens with zero attached hydrogens (tertiary/aromatic N) is 5. The highest BCUT2D eigenvalue weighted by Gasteiger charge is 2.29. The van der Waals surface area contributed by atoms with Crippen LogP contribution >= 0.6 is 0 Å². The molecule has 0 spiro atoms. The van der Waals surface area contributed by atoms with E-state index in [0.717, 1.165) is 22.6 Å². The van der Waals surface area contributed by atoms with Gasteiger partial charge in [0.15, 0.2) is 0 Å². The van der Waals surface area contributed by atoms with Gasteiger partial charge in [-0.05, 0) is 30.2 Å². The average molecular weight is 438 g/mol. The van der Waals surface area contributed by atoms with E-state index in [4.69, 9.17) is 0 Å². The molecule has 7 nitrogen and oxygen atoms in total. The standard InChI is InChI=1S/C23H27N5O2S/c1-18-17-22(26(2)3)25-23(24-18)27-13-15-28(16-14-27)31(29,30)21-11-9-20(10-12-21)19-7-5-4-6-8-19/h4-12,17H,13-16H2,1-3H3. The molecule has 0 unspecified atom stereocenters. The quantitative estimate of drug-likeness (QED) is 0.611. The molecular weight excluding hydrogens is 410 g/mol. The number of rotatable bonds is 5. The lowest BCUT2D eigenvalue weighted by Crippen LogP contribution is -2.49. The summed E-state index contributed by atoms with van der Waals surface area (Å²) in [4.78, 5) is 13.5. The van der Waals surface area contributed by atoms with Crippen molar-refractivity contribution in [1.82, 2.24) is 14.3 Å². The molecular formula is C23H27N5O2S. The summed E-state index contributed by atoms with van der Waals surface area (Å²) in [5, 5.41) is 0. The van der Waals surface area contributed by atoms with Gasteiger partial charge in [0, 0.05) is 52.0 Å². The molecule has 0 atom stereocenters. The second-order valence-corrected chi connectivity index (χ2v) is 9.78. The van der Waals surface area contributed by atoms with E-state index in [1.165, 1.54) is 0 Å². The van der Waals surface area contributed by atoms with Crippen LogP contribution in [-0.4, -0.2) is 63.0 Å². The van der Waals surface area contributed by atoms with E-state index < -0.39 is 10.0 Å². The molecule has 1 saturated heterocycles. The highest BCUT2D eigenvalue weighted by molar-refractivity contribution is 7.89. The van der Waals surface area contributed by atoms with Gasteiger partial charge >= 0.3 is 0 Å². The molecule has 0 saturated carbocycles. The SMILES string of the molecule is Cc1cc(N(C)C)nc(N2CCN(S(=O)(=O)c3ccc(-c4ccccc4)cc3)CC2)n1. The van der Waals surface area contributed by atoms with Crippen LogP contribution in [0.3, 0.4) is 0 Å². The predicted octanol–water partition coefficient (Wildman–Crippen LogP) is 3.03. The molecule has 3 aromatic rings. The monoisotopic (exact) mass is 437 g/mol. The molecule has 0 N–H and O–H groups in total. The number of benzene rings is 2. The molecule has 0 amide bonds. The third-order valence-electron chi connectivity index (χ3n) is 5.41. The lowest BCUT2D eigenvalue weighted by molar-refractivity contribution is 0.382. The fourth-order valence-electron chi connectivity index (χ4n) is 3.63. The second kappa shape index (κ2) is 8.64. The van der Waals surface area contributed by atoms with Crippen LogP contribution < -0.4 is 9.80 Å². The molecule has 1 aromatic heterocycles. The van der Waals surface area contributed by atoms with Crippen molar-refractivity contribution in [1.29, 1.82) is 0 Å². The Labute approximate surface area is 184 Å². The normalized spacial score (nSPS) is 15.1. The van der Waals surface area contributed by atoms with E-state index in [0.29, 0.717) is 37.0 Å². The van der Waals surface area contributed by atoms with Crippen LogP contribution in [0.1, 0.15) is 5.69 Å². The van der Waals surface area contributed by atoms with Crippen molar-refractivity contribution < 1.29 is 8.42 Å². The molecule has 1 aliphatic heterocycles. The van der Waals surface area contributed by atoms with Crippen LogP contribution in [0.15, 0.2) is 65.6 Å². The van der Waals surface area contributed by atoms with Gasteiger partial charge in [-0.2, -0.15) is 9.29 Å². The number of sulfonamides is 1. The molecule has 8 heteroatoms. The van der Waals surface area contributed by atoms with Gasteiger partial charge < -0.3 is 9.80 Å². The Bertz CT molecular complexity index is 1140. The first-order valence-corrected chi connectivity index (χ1v) is 11.7. The molecule has 0 aliphatic carbocycles. The number of piperazine rings is 1. The minimum Gasteiger partial charge on any atom is -0.363 e. The Morgan fingerprint density at radius 3 is 2.06 bits per heavy atom. The van der Waals surface area contributed by atoms with E-state index in [-0.39, 0.29) is 0 Å². The third-order valence-corrected chi connectivity index (χ3v) is 7.32. The molecule has 0 radical (unpaired) electrons. The molecule has 0 bridgehead atoms. The van der Waals surface area contributed by atoms with Gasteiger partial charge in [-0.3, -0.25) is 0 Å². The third kappa shape index (κ3) is 4.55. The molecule has 162 valence electrons. The number of hydrogen-bond donors (Lipinski definition) is 0.